The van der Waals surface area contributed by atoms with Crippen molar-refractivity contribution in [2.75, 3.05) is 47.4 Å². The Bertz CT molecular complexity index is 291. The molecule has 0 aromatic carbocycles. The lowest BCUT2D eigenvalue weighted by molar-refractivity contribution is 0.114. The van der Waals surface area contributed by atoms with Gasteiger partial charge in [-0.2, -0.15) is 0 Å². The van der Waals surface area contributed by atoms with Crippen LogP contribution in [-0.2, 0) is 0 Å². The second-order valence-electron chi connectivity index (χ2n) is 7.04. The lowest BCUT2D eigenvalue weighted by Gasteiger charge is -2.35. The van der Waals surface area contributed by atoms with Gasteiger partial charge in [0, 0.05) is 18.1 Å². The molecule has 1 heterocycles. The molecule has 4 heteroatoms. The van der Waals surface area contributed by atoms with Gasteiger partial charge in [0.2, 0.25) is 0 Å². The summed E-state index contributed by atoms with van der Waals surface area (Å²) in [6.45, 7) is 3.93. The number of nitrogens with zero attached hydrogens (tertiary/aromatic N) is 2. The van der Waals surface area contributed by atoms with Crippen LogP contribution >= 0.6 is 0 Å². The van der Waals surface area contributed by atoms with E-state index in [-0.39, 0.29) is 12.1 Å². The maximum atomic E-state index is 9.77. The summed E-state index contributed by atoms with van der Waals surface area (Å²) in [7, 11) is 6.36. The van der Waals surface area contributed by atoms with Gasteiger partial charge in [0.1, 0.15) is 0 Å². The number of rotatable bonds is 7. The zero-order valence-electron chi connectivity index (χ0n) is 13.6. The number of hydrogen-bond donors (Lipinski definition) is 2. The van der Waals surface area contributed by atoms with Gasteiger partial charge in [-0.25, -0.2) is 0 Å². The van der Waals surface area contributed by atoms with Gasteiger partial charge < -0.3 is 15.3 Å². The number of likely N-dealkylation sites (N-methyl/N-ethyl adjacent to an activating group) is 2. The zero-order valence-corrected chi connectivity index (χ0v) is 13.6. The molecular formula is C16H33N3O. The van der Waals surface area contributed by atoms with Crippen molar-refractivity contribution in [3.8, 4) is 0 Å². The molecule has 118 valence electrons. The lowest BCUT2D eigenvalue weighted by atomic mass is 9.85. The minimum atomic E-state index is -0.00321. The van der Waals surface area contributed by atoms with Crippen molar-refractivity contribution in [3.05, 3.63) is 0 Å². The lowest BCUT2D eigenvalue weighted by Crippen LogP contribution is -2.50. The second-order valence-corrected chi connectivity index (χ2v) is 7.04. The third-order valence-electron chi connectivity index (χ3n) is 5.58. The summed E-state index contributed by atoms with van der Waals surface area (Å²) in [5, 5.41) is 13.2. The SMILES string of the molecule is CNC1(CO)CCCC1CCN1CCCC1CN(C)C. The second kappa shape index (κ2) is 7.21. The number of likely N-dealkylation sites (tertiary alicyclic amines) is 1. The van der Waals surface area contributed by atoms with Crippen LogP contribution in [0.25, 0.3) is 0 Å². The van der Waals surface area contributed by atoms with E-state index in [1.807, 2.05) is 7.05 Å². The molecule has 3 atom stereocenters. The Kier molecular flexibility index (Phi) is 5.84. The average Bonchev–Trinajstić information content (AvgIpc) is 3.02. The molecule has 0 spiro atoms. The molecule has 1 aliphatic heterocycles. The van der Waals surface area contributed by atoms with Crippen molar-refractivity contribution >= 4 is 0 Å². The first-order valence-corrected chi connectivity index (χ1v) is 8.30. The van der Waals surface area contributed by atoms with Gasteiger partial charge >= 0.3 is 0 Å². The van der Waals surface area contributed by atoms with Crippen molar-refractivity contribution in [1.82, 2.24) is 15.1 Å². The van der Waals surface area contributed by atoms with E-state index in [9.17, 15) is 5.11 Å². The van der Waals surface area contributed by atoms with Gasteiger partial charge in [-0.3, -0.25) is 4.90 Å². The van der Waals surface area contributed by atoms with Crippen molar-refractivity contribution < 1.29 is 5.11 Å². The summed E-state index contributed by atoms with van der Waals surface area (Å²) in [5.74, 6) is 0.637. The monoisotopic (exact) mass is 283 g/mol. The number of hydrogen-bond acceptors (Lipinski definition) is 4. The van der Waals surface area contributed by atoms with Crippen molar-refractivity contribution in [3.63, 3.8) is 0 Å². The number of aliphatic hydroxyl groups excluding tert-OH is 1. The fourth-order valence-corrected chi connectivity index (χ4v) is 4.32. The quantitative estimate of drug-likeness (QED) is 0.735. The highest BCUT2D eigenvalue weighted by molar-refractivity contribution is 4.98. The fourth-order valence-electron chi connectivity index (χ4n) is 4.32. The highest BCUT2D eigenvalue weighted by atomic mass is 16.3. The first-order valence-electron chi connectivity index (χ1n) is 8.30. The molecule has 0 aromatic heterocycles. The fraction of sp³-hybridized carbons (Fsp3) is 1.00. The topological polar surface area (TPSA) is 38.7 Å². The predicted octanol–water partition coefficient (Wildman–Crippen LogP) is 1.15. The van der Waals surface area contributed by atoms with E-state index in [1.54, 1.807) is 0 Å². The van der Waals surface area contributed by atoms with Crippen LogP contribution in [0.2, 0.25) is 0 Å². The summed E-state index contributed by atoms with van der Waals surface area (Å²) < 4.78 is 0. The standard InChI is InChI=1S/C16H33N3O/c1-17-16(13-20)9-4-6-14(16)8-11-19-10-5-7-15(19)12-18(2)3/h14-15,17,20H,4-13H2,1-3H3. The van der Waals surface area contributed by atoms with Crippen LogP contribution in [0.15, 0.2) is 0 Å². The molecule has 2 rings (SSSR count). The van der Waals surface area contributed by atoms with E-state index in [0.29, 0.717) is 5.92 Å². The predicted molar refractivity (Wildman–Crippen MR) is 84.0 cm³/mol. The smallest absolute Gasteiger partial charge is 0.0615 e. The van der Waals surface area contributed by atoms with Gasteiger partial charge in [0.25, 0.3) is 0 Å². The molecule has 2 N–H and O–H groups in total. The highest BCUT2D eigenvalue weighted by Gasteiger charge is 2.41. The van der Waals surface area contributed by atoms with E-state index >= 15 is 0 Å². The van der Waals surface area contributed by atoms with Crippen LogP contribution in [0, 0.1) is 5.92 Å². The van der Waals surface area contributed by atoms with Crippen LogP contribution in [-0.4, -0.2) is 73.9 Å². The minimum Gasteiger partial charge on any atom is -0.394 e. The molecule has 0 bridgehead atoms. The van der Waals surface area contributed by atoms with Gasteiger partial charge in [-0.05, 0) is 72.3 Å². The molecular weight excluding hydrogens is 250 g/mol. The summed E-state index contributed by atoms with van der Waals surface area (Å²) in [4.78, 5) is 4.99. The Morgan fingerprint density at radius 1 is 1.30 bits per heavy atom. The molecule has 1 saturated heterocycles. The molecule has 1 aliphatic carbocycles. The Morgan fingerprint density at radius 2 is 2.10 bits per heavy atom. The molecule has 1 saturated carbocycles. The van der Waals surface area contributed by atoms with Gasteiger partial charge in [-0.1, -0.05) is 6.42 Å². The van der Waals surface area contributed by atoms with E-state index in [4.69, 9.17) is 0 Å². The summed E-state index contributed by atoms with van der Waals surface area (Å²) >= 11 is 0. The molecule has 0 aromatic rings. The van der Waals surface area contributed by atoms with Crippen LogP contribution in [0.3, 0.4) is 0 Å². The average molecular weight is 283 g/mol. The van der Waals surface area contributed by atoms with Crippen LogP contribution in [0.5, 0.6) is 0 Å². The first-order chi connectivity index (χ1) is 9.61. The van der Waals surface area contributed by atoms with Crippen molar-refractivity contribution in [2.24, 2.45) is 5.92 Å². The maximum Gasteiger partial charge on any atom is 0.0615 e. The van der Waals surface area contributed by atoms with Crippen LogP contribution < -0.4 is 5.32 Å². The highest BCUT2D eigenvalue weighted by Crippen LogP contribution is 2.37. The molecule has 4 nitrogen and oxygen atoms in total. The largest absolute Gasteiger partial charge is 0.394 e. The van der Waals surface area contributed by atoms with E-state index < -0.39 is 0 Å². The first kappa shape index (κ1) is 16.2. The van der Waals surface area contributed by atoms with Gasteiger partial charge in [0.05, 0.1) is 6.61 Å². The third kappa shape index (κ3) is 3.53. The Balaban J connectivity index is 1.85. The molecule has 20 heavy (non-hydrogen) atoms. The van der Waals surface area contributed by atoms with Crippen molar-refractivity contribution in [2.45, 2.75) is 50.1 Å². The molecule has 2 fully saturated rings. The summed E-state index contributed by atoms with van der Waals surface area (Å²) in [6.07, 6.45) is 7.58. The minimum absolute atomic E-state index is 0.00321. The maximum absolute atomic E-state index is 9.77. The summed E-state index contributed by atoms with van der Waals surface area (Å²) in [6, 6.07) is 0.740. The number of nitrogens with one attached hydrogen (secondary N) is 1. The Labute approximate surface area is 124 Å². The normalized spacial score (nSPS) is 35.2. The molecule has 0 radical (unpaired) electrons. The molecule has 2 aliphatic rings. The number of aliphatic hydroxyl groups is 1. The van der Waals surface area contributed by atoms with Gasteiger partial charge in [0.15, 0.2) is 0 Å². The zero-order chi connectivity index (χ0) is 14.6. The van der Waals surface area contributed by atoms with Crippen LogP contribution in [0.1, 0.15) is 38.5 Å². The molecule has 0 amide bonds. The Hall–Kier alpha value is -0.160. The van der Waals surface area contributed by atoms with E-state index in [0.717, 1.165) is 12.5 Å². The Morgan fingerprint density at radius 3 is 2.75 bits per heavy atom. The van der Waals surface area contributed by atoms with E-state index in [1.165, 1.54) is 51.7 Å². The van der Waals surface area contributed by atoms with Crippen LogP contribution in [0.4, 0.5) is 0 Å². The van der Waals surface area contributed by atoms with Gasteiger partial charge in [-0.15, -0.1) is 0 Å². The third-order valence-corrected chi connectivity index (χ3v) is 5.58. The van der Waals surface area contributed by atoms with E-state index in [2.05, 4.69) is 29.2 Å². The molecule has 3 unspecified atom stereocenters. The summed E-state index contributed by atoms with van der Waals surface area (Å²) in [5.41, 5.74) is -0.00321. The van der Waals surface area contributed by atoms with Crippen molar-refractivity contribution in [1.29, 1.82) is 0 Å².